The molecular weight excluding hydrogens is 192 g/mol. The lowest BCUT2D eigenvalue weighted by molar-refractivity contribution is -0.116. The summed E-state index contributed by atoms with van der Waals surface area (Å²) in [6, 6.07) is 6.56. The summed E-state index contributed by atoms with van der Waals surface area (Å²) in [6.45, 7) is 3.79. The number of benzene rings is 1. The average Bonchev–Trinajstić information content (AvgIpc) is 2.44. The van der Waals surface area contributed by atoms with Gasteiger partial charge in [0.15, 0.2) is 0 Å². The van der Waals surface area contributed by atoms with Gasteiger partial charge in [0.25, 0.3) is 0 Å². The molecule has 0 amide bonds. The molecule has 0 spiro atoms. The molecule has 74 valence electrons. The van der Waals surface area contributed by atoms with E-state index in [4.69, 9.17) is 0 Å². The summed E-state index contributed by atoms with van der Waals surface area (Å²) in [5, 5.41) is 0.476. The van der Waals surface area contributed by atoms with Gasteiger partial charge in [-0.15, -0.1) is 11.8 Å². The van der Waals surface area contributed by atoms with E-state index in [2.05, 4.69) is 25.1 Å². The van der Waals surface area contributed by atoms with E-state index in [1.807, 2.05) is 11.8 Å². The molecule has 1 aromatic carbocycles. The van der Waals surface area contributed by atoms with Gasteiger partial charge in [0, 0.05) is 16.6 Å². The van der Waals surface area contributed by atoms with E-state index in [-0.39, 0.29) is 0 Å². The average molecular weight is 206 g/mol. The lowest BCUT2D eigenvalue weighted by Crippen LogP contribution is -2.06. The number of carbonyl (C=O) groups is 1. The maximum Gasteiger partial charge on any atom is 0.130 e. The molecule has 0 saturated heterocycles. The molecule has 0 fully saturated rings. The van der Waals surface area contributed by atoms with E-state index in [0.29, 0.717) is 17.5 Å². The summed E-state index contributed by atoms with van der Waals surface area (Å²) < 4.78 is 0. The molecule has 1 heterocycles. The number of thioether (sulfide) groups is 1. The molecule has 2 heteroatoms. The quantitative estimate of drug-likeness (QED) is 0.740. The van der Waals surface area contributed by atoms with Crippen LogP contribution in [0.4, 0.5) is 0 Å². The highest BCUT2D eigenvalue weighted by molar-refractivity contribution is 8.00. The lowest BCUT2D eigenvalue weighted by Gasteiger charge is -2.03. The van der Waals surface area contributed by atoms with E-state index in [1.54, 1.807) is 6.92 Å². The van der Waals surface area contributed by atoms with Crippen LogP contribution in [0.2, 0.25) is 0 Å². The van der Waals surface area contributed by atoms with Crippen LogP contribution in [0.15, 0.2) is 23.1 Å². The van der Waals surface area contributed by atoms with Crippen molar-refractivity contribution in [2.45, 2.75) is 36.8 Å². The fourth-order valence-corrected chi connectivity index (χ4v) is 3.26. The molecule has 0 radical (unpaired) electrons. The zero-order chi connectivity index (χ0) is 10.1. The largest absolute Gasteiger partial charge is 0.300 e. The second-order valence-electron chi connectivity index (χ2n) is 3.96. The topological polar surface area (TPSA) is 17.1 Å². The van der Waals surface area contributed by atoms with Crippen molar-refractivity contribution in [2.75, 3.05) is 0 Å². The number of fused-ring (bicyclic) bond motifs is 1. The van der Waals surface area contributed by atoms with Gasteiger partial charge in [0.1, 0.15) is 5.78 Å². The van der Waals surface area contributed by atoms with Crippen molar-refractivity contribution < 1.29 is 4.79 Å². The van der Waals surface area contributed by atoms with Crippen molar-refractivity contribution in [2.24, 2.45) is 0 Å². The Balaban J connectivity index is 2.14. The van der Waals surface area contributed by atoms with Gasteiger partial charge < -0.3 is 0 Å². The minimum atomic E-state index is 0.298. The Morgan fingerprint density at radius 3 is 3.07 bits per heavy atom. The highest BCUT2D eigenvalue weighted by atomic mass is 32.2. The van der Waals surface area contributed by atoms with E-state index in [0.717, 1.165) is 6.42 Å². The van der Waals surface area contributed by atoms with Gasteiger partial charge >= 0.3 is 0 Å². The normalized spacial score (nSPS) is 19.4. The first kappa shape index (κ1) is 9.78. The van der Waals surface area contributed by atoms with Crippen molar-refractivity contribution >= 4 is 17.5 Å². The molecule has 0 N–H and O–H groups in total. The van der Waals surface area contributed by atoms with Crippen molar-refractivity contribution in [3.8, 4) is 0 Å². The Bertz CT molecular complexity index is 371. The predicted octanol–water partition coefficient (Wildman–Crippen LogP) is 2.99. The molecule has 0 aliphatic carbocycles. The van der Waals surface area contributed by atoms with Gasteiger partial charge in [-0.3, -0.25) is 4.79 Å². The Hall–Kier alpha value is -0.760. The second kappa shape index (κ2) is 3.77. The van der Waals surface area contributed by atoms with Gasteiger partial charge in [-0.2, -0.15) is 0 Å². The summed E-state index contributed by atoms with van der Waals surface area (Å²) in [5.41, 5.74) is 2.73. The SMILES string of the molecule is CC(=O)CC1Cc2cc(C)ccc2S1. The number of ketones is 1. The number of hydrogen-bond donors (Lipinski definition) is 0. The summed E-state index contributed by atoms with van der Waals surface area (Å²) in [4.78, 5) is 12.4. The number of hydrogen-bond acceptors (Lipinski definition) is 2. The van der Waals surface area contributed by atoms with Crippen LogP contribution in [-0.2, 0) is 11.2 Å². The number of aryl methyl sites for hydroxylation is 1. The predicted molar refractivity (Wildman–Crippen MR) is 59.8 cm³/mol. The molecule has 1 unspecified atom stereocenters. The van der Waals surface area contributed by atoms with Crippen LogP contribution in [0.5, 0.6) is 0 Å². The maximum atomic E-state index is 11.0. The van der Waals surface area contributed by atoms with Gasteiger partial charge in [-0.1, -0.05) is 17.7 Å². The van der Waals surface area contributed by atoms with Gasteiger partial charge in [0.2, 0.25) is 0 Å². The molecule has 1 atom stereocenters. The lowest BCUT2D eigenvalue weighted by atomic mass is 10.1. The van der Waals surface area contributed by atoms with Crippen LogP contribution in [-0.4, -0.2) is 11.0 Å². The van der Waals surface area contributed by atoms with Crippen LogP contribution in [0, 0.1) is 6.92 Å². The summed E-state index contributed by atoms with van der Waals surface area (Å²) in [6.07, 6.45) is 1.76. The second-order valence-corrected chi connectivity index (χ2v) is 5.30. The smallest absolute Gasteiger partial charge is 0.130 e. The molecule has 2 rings (SSSR count). The molecule has 0 saturated carbocycles. The zero-order valence-electron chi connectivity index (χ0n) is 8.54. The van der Waals surface area contributed by atoms with Crippen LogP contribution < -0.4 is 0 Å². The van der Waals surface area contributed by atoms with Gasteiger partial charge in [0.05, 0.1) is 0 Å². The minimum Gasteiger partial charge on any atom is -0.300 e. The third-order valence-corrected chi connectivity index (χ3v) is 3.79. The van der Waals surface area contributed by atoms with Crippen molar-refractivity contribution in [3.05, 3.63) is 29.3 Å². The molecule has 1 aliphatic rings. The van der Waals surface area contributed by atoms with Crippen molar-refractivity contribution in [1.82, 2.24) is 0 Å². The van der Waals surface area contributed by atoms with Crippen LogP contribution in [0.25, 0.3) is 0 Å². The van der Waals surface area contributed by atoms with E-state index in [9.17, 15) is 4.79 Å². The standard InChI is InChI=1S/C12H14OS/c1-8-3-4-12-10(5-8)7-11(14-12)6-9(2)13/h3-5,11H,6-7H2,1-2H3. The Morgan fingerprint density at radius 1 is 1.57 bits per heavy atom. The maximum absolute atomic E-state index is 11.0. The highest BCUT2D eigenvalue weighted by Crippen LogP contribution is 2.38. The third kappa shape index (κ3) is 2.01. The van der Waals surface area contributed by atoms with Crippen molar-refractivity contribution in [3.63, 3.8) is 0 Å². The van der Waals surface area contributed by atoms with E-state index in [1.165, 1.54) is 16.0 Å². The molecule has 0 bridgehead atoms. The summed E-state index contributed by atoms with van der Waals surface area (Å²) >= 11 is 1.85. The summed E-state index contributed by atoms with van der Waals surface area (Å²) in [7, 11) is 0. The molecule has 14 heavy (non-hydrogen) atoms. The number of Topliss-reactive ketones (excluding diaryl/α,β-unsaturated/α-hetero) is 1. The van der Waals surface area contributed by atoms with E-state index < -0.39 is 0 Å². The molecule has 0 aromatic heterocycles. The van der Waals surface area contributed by atoms with Crippen LogP contribution >= 0.6 is 11.8 Å². The Morgan fingerprint density at radius 2 is 2.36 bits per heavy atom. The highest BCUT2D eigenvalue weighted by Gasteiger charge is 2.22. The molecule has 1 aliphatic heterocycles. The van der Waals surface area contributed by atoms with Crippen LogP contribution in [0.3, 0.4) is 0 Å². The fraction of sp³-hybridized carbons (Fsp3) is 0.417. The number of rotatable bonds is 2. The van der Waals surface area contributed by atoms with Gasteiger partial charge in [-0.25, -0.2) is 0 Å². The van der Waals surface area contributed by atoms with Crippen LogP contribution in [0.1, 0.15) is 24.5 Å². The molecule has 1 nitrogen and oxygen atoms in total. The first-order valence-corrected chi connectivity index (χ1v) is 5.79. The minimum absolute atomic E-state index is 0.298. The third-order valence-electron chi connectivity index (χ3n) is 2.47. The molecular formula is C12H14OS. The van der Waals surface area contributed by atoms with Crippen molar-refractivity contribution in [1.29, 1.82) is 0 Å². The zero-order valence-corrected chi connectivity index (χ0v) is 9.36. The molecule has 1 aromatic rings. The monoisotopic (exact) mass is 206 g/mol. The first-order chi connectivity index (χ1) is 6.65. The summed E-state index contributed by atoms with van der Waals surface area (Å²) in [5.74, 6) is 0.298. The number of carbonyl (C=O) groups excluding carboxylic acids is 1. The Kier molecular flexibility index (Phi) is 2.64. The van der Waals surface area contributed by atoms with Gasteiger partial charge in [-0.05, 0) is 31.9 Å². The first-order valence-electron chi connectivity index (χ1n) is 4.91. The Labute approximate surface area is 88.9 Å². The van der Waals surface area contributed by atoms with E-state index >= 15 is 0 Å². The fourth-order valence-electron chi connectivity index (χ4n) is 1.88.